The summed E-state index contributed by atoms with van der Waals surface area (Å²) < 4.78 is 0. The smallest absolute Gasteiger partial charge is 0.182 e. The van der Waals surface area contributed by atoms with Gasteiger partial charge < -0.3 is 11.0 Å². The van der Waals surface area contributed by atoms with Gasteiger partial charge in [-0.25, -0.2) is 0 Å². The fourth-order valence-electron chi connectivity index (χ4n) is 1.60. The molecule has 0 radical (unpaired) electrons. The van der Waals surface area contributed by atoms with E-state index in [2.05, 4.69) is 43.3 Å². The molecule has 1 aromatic rings. The summed E-state index contributed by atoms with van der Waals surface area (Å²) in [5.74, 6) is 0. The normalized spacial score (nSPS) is 13.9. The van der Waals surface area contributed by atoms with E-state index in [4.69, 9.17) is 5.73 Å². The lowest BCUT2D eigenvalue weighted by molar-refractivity contribution is 0.501. The largest absolute Gasteiger partial charge is 0.354 e. The van der Waals surface area contributed by atoms with Crippen LogP contribution in [0.2, 0.25) is 0 Å². The molecule has 0 bridgehead atoms. The van der Waals surface area contributed by atoms with Gasteiger partial charge in [0.15, 0.2) is 7.98 Å². The third-order valence-corrected chi connectivity index (χ3v) is 2.83. The van der Waals surface area contributed by atoms with Crippen molar-refractivity contribution in [1.29, 1.82) is 0 Å². The van der Waals surface area contributed by atoms with Crippen molar-refractivity contribution in [3.05, 3.63) is 35.4 Å². The van der Waals surface area contributed by atoms with Crippen LogP contribution in [0.5, 0.6) is 0 Å². The van der Waals surface area contributed by atoms with Gasteiger partial charge in [0.25, 0.3) is 0 Å². The Morgan fingerprint density at radius 1 is 1.47 bits per heavy atom. The van der Waals surface area contributed by atoms with Crippen LogP contribution in [0.4, 0.5) is 0 Å². The third kappa shape index (κ3) is 3.36. The standard InChI is InChI=1S/C12H21BN2/c1-9(14)7-10-5-4-6-11(8-10)12(2,3)15-13/h4-6,8-9,15H,7,13-14H2,1-3H3. The van der Waals surface area contributed by atoms with Crippen LogP contribution in [0.1, 0.15) is 31.9 Å². The van der Waals surface area contributed by atoms with Gasteiger partial charge in [0.05, 0.1) is 0 Å². The summed E-state index contributed by atoms with van der Waals surface area (Å²) in [6.45, 7) is 6.39. The highest BCUT2D eigenvalue weighted by Gasteiger charge is 2.17. The molecule has 0 aromatic heterocycles. The van der Waals surface area contributed by atoms with E-state index < -0.39 is 0 Å². The van der Waals surface area contributed by atoms with Crippen molar-refractivity contribution in [2.24, 2.45) is 5.73 Å². The molecule has 82 valence electrons. The molecular formula is C12H21BN2. The second-order valence-electron chi connectivity index (χ2n) is 4.76. The summed E-state index contributed by atoms with van der Waals surface area (Å²) in [6, 6.07) is 8.85. The Bertz CT molecular complexity index is 321. The van der Waals surface area contributed by atoms with Crippen molar-refractivity contribution >= 4 is 7.98 Å². The van der Waals surface area contributed by atoms with Gasteiger partial charge >= 0.3 is 0 Å². The van der Waals surface area contributed by atoms with Gasteiger partial charge in [-0.05, 0) is 38.3 Å². The number of nitrogens with one attached hydrogen (secondary N) is 1. The minimum atomic E-state index is 0.0217. The Morgan fingerprint density at radius 2 is 2.13 bits per heavy atom. The van der Waals surface area contributed by atoms with Crippen LogP contribution in [0.25, 0.3) is 0 Å². The van der Waals surface area contributed by atoms with Gasteiger partial charge in [0, 0.05) is 11.6 Å². The maximum absolute atomic E-state index is 5.80. The summed E-state index contributed by atoms with van der Waals surface area (Å²) in [5.41, 5.74) is 8.44. The highest BCUT2D eigenvalue weighted by Crippen LogP contribution is 2.20. The summed E-state index contributed by atoms with van der Waals surface area (Å²) in [6.07, 6.45) is 0.938. The molecule has 15 heavy (non-hydrogen) atoms. The predicted octanol–water partition coefficient (Wildman–Crippen LogP) is 0.949. The van der Waals surface area contributed by atoms with E-state index in [0.717, 1.165) is 6.42 Å². The van der Waals surface area contributed by atoms with Crippen LogP contribution in [0.3, 0.4) is 0 Å². The summed E-state index contributed by atoms with van der Waals surface area (Å²) in [4.78, 5) is 0. The van der Waals surface area contributed by atoms with E-state index in [1.165, 1.54) is 11.1 Å². The lowest BCUT2D eigenvalue weighted by atomic mass is 9.90. The van der Waals surface area contributed by atoms with Crippen LogP contribution < -0.4 is 11.0 Å². The number of nitrogens with two attached hydrogens (primary N) is 1. The first-order valence-corrected chi connectivity index (χ1v) is 5.49. The first-order chi connectivity index (χ1) is 6.95. The molecular weight excluding hydrogens is 183 g/mol. The lowest BCUT2D eigenvalue weighted by Gasteiger charge is -2.25. The lowest BCUT2D eigenvalue weighted by Crippen LogP contribution is -2.34. The van der Waals surface area contributed by atoms with E-state index >= 15 is 0 Å². The van der Waals surface area contributed by atoms with Crippen molar-refractivity contribution < 1.29 is 0 Å². The topological polar surface area (TPSA) is 38.0 Å². The molecule has 0 saturated carbocycles. The quantitative estimate of drug-likeness (QED) is 0.716. The maximum atomic E-state index is 5.80. The third-order valence-electron chi connectivity index (χ3n) is 2.83. The van der Waals surface area contributed by atoms with Crippen LogP contribution in [0.15, 0.2) is 24.3 Å². The first-order valence-electron chi connectivity index (χ1n) is 5.49. The molecule has 0 fully saturated rings. The van der Waals surface area contributed by atoms with Crippen LogP contribution in [0, 0.1) is 0 Å². The molecule has 0 aliphatic carbocycles. The fourth-order valence-corrected chi connectivity index (χ4v) is 1.60. The minimum absolute atomic E-state index is 0.0217. The number of hydrogen-bond donors (Lipinski definition) is 2. The average Bonchev–Trinajstić information content (AvgIpc) is 2.17. The maximum Gasteiger partial charge on any atom is 0.182 e. The molecule has 3 heteroatoms. The second-order valence-corrected chi connectivity index (χ2v) is 4.76. The van der Waals surface area contributed by atoms with Crippen molar-refractivity contribution in [2.45, 2.75) is 38.8 Å². The van der Waals surface area contributed by atoms with E-state index in [1.54, 1.807) is 0 Å². The molecule has 3 N–H and O–H groups in total. The van der Waals surface area contributed by atoms with Gasteiger partial charge in [-0.15, -0.1) is 0 Å². The molecule has 1 atom stereocenters. The Hall–Kier alpha value is -0.795. The first kappa shape index (κ1) is 12.3. The molecule has 0 aliphatic rings. The van der Waals surface area contributed by atoms with Gasteiger partial charge in [0.1, 0.15) is 0 Å². The molecule has 2 nitrogen and oxygen atoms in total. The van der Waals surface area contributed by atoms with E-state index in [-0.39, 0.29) is 11.6 Å². The van der Waals surface area contributed by atoms with Crippen LogP contribution >= 0.6 is 0 Å². The summed E-state index contributed by atoms with van der Waals surface area (Å²) >= 11 is 0. The van der Waals surface area contributed by atoms with Crippen molar-refractivity contribution in [1.82, 2.24) is 5.23 Å². The van der Waals surface area contributed by atoms with Gasteiger partial charge in [-0.2, -0.15) is 0 Å². The van der Waals surface area contributed by atoms with E-state index in [0.29, 0.717) is 0 Å². The summed E-state index contributed by atoms with van der Waals surface area (Å²) in [7, 11) is 1.98. The minimum Gasteiger partial charge on any atom is -0.354 e. The molecule has 1 unspecified atom stereocenters. The Morgan fingerprint density at radius 3 is 2.67 bits per heavy atom. The molecule has 1 aromatic carbocycles. The van der Waals surface area contributed by atoms with Crippen molar-refractivity contribution in [2.75, 3.05) is 0 Å². The van der Waals surface area contributed by atoms with E-state index in [1.807, 2.05) is 14.9 Å². The molecule has 0 amide bonds. The number of benzene rings is 1. The Kier molecular flexibility index (Phi) is 3.94. The van der Waals surface area contributed by atoms with Crippen LogP contribution in [-0.4, -0.2) is 14.0 Å². The van der Waals surface area contributed by atoms with Crippen molar-refractivity contribution in [3.63, 3.8) is 0 Å². The second kappa shape index (κ2) is 4.82. The van der Waals surface area contributed by atoms with E-state index in [9.17, 15) is 0 Å². The average molecular weight is 204 g/mol. The molecule has 0 aliphatic heterocycles. The van der Waals surface area contributed by atoms with Gasteiger partial charge in [-0.3, -0.25) is 0 Å². The number of rotatable bonds is 4. The fraction of sp³-hybridized carbons (Fsp3) is 0.500. The monoisotopic (exact) mass is 204 g/mol. The zero-order chi connectivity index (χ0) is 11.5. The molecule has 0 saturated heterocycles. The van der Waals surface area contributed by atoms with Gasteiger partial charge in [-0.1, -0.05) is 24.3 Å². The Labute approximate surface area is 93.7 Å². The SMILES string of the molecule is BNC(C)(C)c1cccc(CC(C)N)c1. The Balaban J connectivity index is 2.92. The number of hydrogen-bond acceptors (Lipinski definition) is 2. The molecule has 0 heterocycles. The zero-order valence-corrected chi connectivity index (χ0v) is 10.2. The highest BCUT2D eigenvalue weighted by molar-refractivity contribution is 6.04. The summed E-state index contributed by atoms with van der Waals surface area (Å²) in [5, 5.41) is 3.31. The predicted molar refractivity (Wildman–Crippen MR) is 68.5 cm³/mol. The molecule has 1 rings (SSSR count). The molecule has 0 spiro atoms. The zero-order valence-electron chi connectivity index (χ0n) is 10.2. The van der Waals surface area contributed by atoms with Crippen LogP contribution in [-0.2, 0) is 12.0 Å². The highest BCUT2D eigenvalue weighted by atomic mass is 14.8. The van der Waals surface area contributed by atoms with Crippen molar-refractivity contribution in [3.8, 4) is 0 Å². The van der Waals surface area contributed by atoms with Gasteiger partial charge in [0.2, 0.25) is 0 Å².